The number of Topliss-reactive ketones (excluding diaryl/α,β-unsaturated/α-hetero) is 2. The van der Waals surface area contributed by atoms with Gasteiger partial charge < -0.3 is 14.5 Å². The van der Waals surface area contributed by atoms with Crippen LogP contribution in [0.25, 0.3) is 0 Å². The zero-order valence-electron chi connectivity index (χ0n) is 18.8. The van der Waals surface area contributed by atoms with Gasteiger partial charge in [0.25, 0.3) is 5.91 Å². The lowest BCUT2D eigenvalue weighted by atomic mass is 9.85. The molecule has 1 N–H and O–H groups in total. The van der Waals surface area contributed by atoms with Gasteiger partial charge in [0, 0.05) is 5.56 Å². The number of carbonyl (C=O) groups is 3. The lowest BCUT2D eigenvalue weighted by Crippen LogP contribution is -3.14. The summed E-state index contributed by atoms with van der Waals surface area (Å²) < 4.78 is 5.43. The van der Waals surface area contributed by atoms with E-state index in [-0.39, 0.29) is 5.78 Å². The number of amides is 1. The van der Waals surface area contributed by atoms with Crippen molar-refractivity contribution in [3.63, 3.8) is 0 Å². The third kappa shape index (κ3) is 4.52. The quantitative estimate of drug-likeness (QED) is 0.408. The highest BCUT2D eigenvalue weighted by molar-refractivity contribution is 6.44. The van der Waals surface area contributed by atoms with Crippen LogP contribution in [-0.2, 0) is 14.3 Å². The molecule has 32 heavy (non-hydrogen) atoms. The summed E-state index contributed by atoms with van der Waals surface area (Å²) in [6.45, 7) is 8.60. The number of ketones is 2. The lowest BCUT2D eigenvalue weighted by molar-refractivity contribution is -0.907. The van der Waals surface area contributed by atoms with E-state index in [9.17, 15) is 14.4 Å². The molecule has 2 saturated heterocycles. The summed E-state index contributed by atoms with van der Waals surface area (Å²) in [6, 6.07) is 16.2. The molecule has 2 fully saturated rings. The van der Waals surface area contributed by atoms with Crippen LogP contribution >= 0.6 is 0 Å². The van der Waals surface area contributed by atoms with Gasteiger partial charge in [0.05, 0.1) is 32.3 Å². The van der Waals surface area contributed by atoms with Crippen molar-refractivity contribution in [2.24, 2.45) is 5.92 Å². The van der Waals surface area contributed by atoms with E-state index in [2.05, 4.69) is 13.8 Å². The molecule has 6 heteroatoms. The molecule has 2 atom stereocenters. The molecule has 168 valence electrons. The Balaban J connectivity index is 1.66. The van der Waals surface area contributed by atoms with Crippen molar-refractivity contribution in [3.05, 3.63) is 71.3 Å². The van der Waals surface area contributed by atoms with Crippen molar-refractivity contribution < 1.29 is 24.0 Å². The van der Waals surface area contributed by atoms with E-state index in [0.29, 0.717) is 31.2 Å². The van der Waals surface area contributed by atoms with Crippen LogP contribution in [-0.4, -0.2) is 61.8 Å². The number of morpholine rings is 1. The molecule has 2 heterocycles. The zero-order chi connectivity index (χ0) is 22.7. The van der Waals surface area contributed by atoms with Gasteiger partial charge in [-0.15, -0.1) is 0 Å². The van der Waals surface area contributed by atoms with Crippen molar-refractivity contribution in [1.82, 2.24) is 4.90 Å². The number of quaternary nitrogens is 1. The van der Waals surface area contributed by atoms with Crippen molar-refractivity contribution in [2.45, 2.75) is 25.8 Å². The average Bonchev–Trinajstić information content (AvgIpc) is 3.08. The smallest absolute Gasteiger partial charge is 0.291 e. The normalized spacial score (nSPS) is 22.0. The molecule has 2 unspecified atom stereocenters. The highest BCUT2D eigenvalue weighted by Gasteiger charge is 2.51. The highest BCUT2D eigenvalue weighted by atomic mass is 16.5. The summed E-state index contributed by atoms with van der Waals surface area (Å²) in [5.41, 5.74) is 2.47. The first kappa shape index (κ1) is 22.4. The number of hydrogen-bond acceptors (Lipinski definition) is 4. The molecule has 0 aromatic heterocycles. The third-order valence-electron chi connectivity index (χ3n) is 6.60. The number of rotatable bonds is 7. The summed E-state index contributed by atoms with van der Waals surface area (Å²) in [6.07, 6.45) is 0. The maximum atomic E-state index is 13.4. The van der Waals surface area contributed by atoms with Gasteiger partial charge in [-0.2, -0.15) is 0 Å². The second-order valence-electron chi connectivity index (χ2n) is 8.95. The fourth-order valence-corrected chi connectivity index (χ4v) is 4.65. The Morgan fingerprint density at radius 2 is 1.69 bits per heavy atom. The SMILES string of the molecule is CC(C)c1ccc(C2C(C(=O)c3ccccc3)C(=O)C(=O)N2CC[NH+]2CCOCC2)cc1. The molecular formula is C26H31N2O4+. The molecule has 6 nitrogen and oxygen atoms in total. The van der Waals surface area contributed by atoms with E-state index in [1.807, 2.05) is 30.3 Å². The summed E-state index contributed by atoms with van der Waals surface area (Å²) in [5, 5.41) is 0. The number of nitrogens with one attached hydrogen (secondary N) is 1. The van der Waals surface area contributed by atoms with E-state index in [4.69, 9.17) is 4.74 Å². The largest absolute Gasteiger partial charge is 0.370 e. The zero-order valence-corrected chi connectivity index (χ0v) is 18.8. The van der Waals surface area contributed by atoms with Gasteiger partial charge in [0.2, 0.25) is 5.78 Å². The number of benzene rings is 2. The third-order valence-corrected chi connectivity index (χ3v) is 6.60. The summed E-state index contributed by atoms with van der Waals surface area (Å²) >= 11 is 0. The summed E-state index contributed by atoms with van der Waals surface area (Å²) in [4.78, 5) is 42.5. The predicted octanol–water partition coefficient (Wildman–Crippen LogP) is 1.68. The predicted molar refractivity (Wildman–Crippen MR) is 121 cm³/mol. The summed E-state index contributed by atoms with van der Waals surface area (Å²) in [7, 11) is 0. The second-order valence-corrected chi connectivity index (χ2v) is 8.95. The molecular weight excluding hydrogens is 404 g/mol. The average molecular weight is 436 g/mol. The van der Waals surface area contributed by atoms with Gasteiger partial charge in [-0.1, -0.05) is 68.4 Å². The molecule has 0 saturated carbocycles. The monoisotopic (exact) mass is 435 g/mol. The maximum Gasteiger partial charge on any atom is 0.291 e. The number of likely N-dealkylation sites (tertiary alicyclic amines) is 1. The standard InChI is InChI=1S/C26H30N2O4/c1-18(2)19-8-10-20(11-9-19)23-22(24(29)21-6-4-3-5-7-21)25(30)26(31)28(23)13-12-27-14-16-32-17-15-27/h3-11,18,22-23H,12-17H2,1-2H3/p+1. The molecule has 1 amide bonds. The van der Waals surface area contributed by atoms with E-state index in [1.54, 1.807) is 29.2 Å². The minimum Gasteiger partial charge on any atom is -0.370 e. The topological polar surface area (TPSA) is 68.1 Å². The molecule has 0 radical (unpaired) electrons. The van der Waals surface area contributed by atoms with E-state index >= 15 is 0 Å². The number of nitrogens with zero attached hydrogens (tertiary/aromatic N) is 1. The number of ether oxygens (including phenoxy) is 1. The summed E-state index contributed by atoms with van der Waals surface area (Å²) in [5.74, 6) is -2.09. The molecule has 2 aromatic rings. The molecule has 0 aliphatic carbocycles. The second kappa shape index (κ2) is 9.76. The van der Waals surface area contributed by atoms with Crippen molar-refractivity contribution in [1.29, 1.82) is 0 Å². The van der Waals surface area contributed by atoms with Crippen molar-refractivity contribution >= 4 is 17.5 Å². The minimum atomic E-state index is -1.02. The van der Waals surface area contributed by atoms with Gasteiger partial charge in [-0.25, -0.2) is 0 Å². The Hall–Kier alpha value is -2.83. The molecule has 0 spiro atoms. The molecule has 2 aliphatic rings. The van der Waals surface area contributed by atoms with Gasteiger partial charge in [-0.05, 0) is 17.0 Å². The Bertz CT molecular complexity index is 965. The van der Waals surface area contributed by atoms with Crippen LogP contribution < -0.4 is 4.90 Å². The highest BCUT2D eigenvalue weighted by Crippen LogP contribution is 2.38. The first-order valence-electron chi connectivity index (χ1n) is 11.4. The lowest BCUT2D eigenvalue weighted by Gasteiger charge is -2.30. The fraction of sp³-hybridized carbons (Fsp3) is 0.423. The number of carbonyl (C=O) groups excluding carboxylic acids is 3. The van der Waals surface area contributed by atoms with Crippen LogP contribution in [0.4, 0.5) is 0 Å². The van der Waals surface area contributed by atoms with Gasteiger partial charge in [-0.3, -0.25) is 14.4 Å². The van der Waals surface area contributed by atoms with Crippen LogP contribution in [0.5, 0.6) is 0 Å². The van der Waals surface area contributed by atoms with Gasteiger partial charge in [0.1, 0.15) is 19.0 Å². The maximum absolute atomic E-state index is 13.4. The first-order chi connectivity index (χ1) is 15.5. The minimum absolute atomic E-state index is 0.289. The molecule has 2 aromatic carbocycles. The Kier molecular flexibility index (Phi) is 6.82. The fourth-order valence-electron chi connectivity index (χ4n) is 4.65. The van der Waals surface area contributed by atoms with Crippen LogP contribution in [0.15, 0.2) is 54.6 Å². The number of hydrogen-bond donors (Lipinski definition) is 1. The molecule has 0 bridgehead atoms. The Labute approximate surface area is 189 Å². The molecule has 4 rings (SSSR count). The van der Waals surface area contributed by atoms with E-state index < -0.39 is 23.7 Å². The van der Waals surface area contributed by atoms with Crippen LogP contribution in [0.1, 0.15) is 47.3 Å². The first-order valence-corrected chi connectivity index (χ1v) is 11.4. The van der Waals surface area contributed by atoms with E-state index in [0.717, 1.165) is 25.2 Å². The van der Waals surface area contributed by atoms with E-state index in [1.165, 1.54) is 10.5 Å². The van der Waals surface area contributed by atoms with Crippen LogP contribution in [0, 0.1) is 5.92 Å². The Morgan fingerprint density at radius 1 is 1.03 bits per heavy atom. The van der Waals surface area contributed by atoms with Crippen molar-refractivity contribution in [3.8, 4) is 0 Å². The molecule has 2 aliphatic heterocycles. The van der Waals surface area contributed by atoms with Gasteiger partial charge in [0.15, 0.2) is 5.78 Å². The van der Waals surface area contributed by atoms with Crippen LogP contribution in [0.2, 0.25) is 0 Å². The van der Waals surface area contributed by atoms with Crippen LogP contribution in [0.3, 0.4) is 0 Å². The van der Waals surface area contributed by atoms with Crippen molar-refractivity contribution in [2.75, 3.05) is 39.4 Å². The van der Waals surface area contributed by atoms with Gasteiger partial charge >= 0.3 is 0 Å². The Morgan fingerprint density at radius 3 is 2.31 bits per heavy atom.